The SMILES string of the molecule is CC(C)N1CCC(NC(=O)c2ccc(Oc3ccc(F)cc3)cc2)CC1. The number of piperidine rings is 1. The summed E-state index contributed by atoms with van der Waals surface area (Å²) in [6.45, 7) is 6.45. The molecule has 0 radical (unpaired) electrons. The first-order valence-corrected chi connectivity index (χ1v) is 9.09. The molecule has 3 rings (SSSR count). The number of hydrogen-bond donors (Lipinski definition) is 1. The van der Waals surface area contributed by atoms with Crippen LogP contribution < -0.4 is 10.1 Å². The van der Waals surface area contributed by atoms with Crippen molar-refractivity contribution in [2.24, 2.45) is 0 Å². The van der Waals surface area contributed by atoms with Crippen LogP contribution in [0.3, 0.4) is 0 Å². The predicted octanol–water partition coefficient (Wildman–Crippen LogP) is 4.22. The quantitative estimate of drug-likeness (QED) is 0.872. The number of hydrogen-bond acceptors (Lipinski definition) is 3. The molecule has 26 heavy (non-hydrogen) atoms. The van der Waals surface area contributed by atoms with Gasteiger partial charge in [0, 0.05) is 30.7 Å². The second-order valence-electron chi connectivity index (χ2n) is 6.96. The van der Waals surface area contributed by atoms with Crippen LogP contribution in [-0.4, -0.2) is 36.0 Å². The van der Waals surface area contributed by atoms with Crippen LogP contribution in [0.15, 0.2) is 48.5 Å². The molecule has 1 N–H and O–H groups in total. The molecule has 4 nitrogen and oxygen atoms in total. The first kappa shape index (κ1) is 18.4. The van der Waals surface area contributed by atoms with E-state index in [1.54, 1.807) is 36.4 Å². The summed E-state index contributed by atoms with van der Waals surface area (Å²) in [6.07, 6.45) is 1.96. The molecule has 138 valence electrons. The lowest BCUT2D eigenvalue weighted by Gasteiger charge is -2.34. The summed E-state index contributed by atoms with van der Waals surface area (Å²) in [5.41, 5.74) is 0.614. The maximum atomic E-state index is 12.9. The number of ether oxygens (including phenoxy) is 1. The van der Waals surface area contributed by atoms with Crippen molar-refractivity contribution in [1.29, 1.82) is 0 Å². The number of halogens is 1. The molecule has 0 atom stereocenters. The van der Waals surface area contributed by atoms with E-state index in [0.29, 0.717) is 23.1 Å². The summed E-state index contributed by atoms with van der Waals surface area (Å²) in [7, 11) is 0. The first-order valence-electron chi connectivity index (χ1n) is 9.09. The van der Waals surface area contributed by atoms with Crippen LogP contribution in [-0.2, 0) is 0 Å². The van der Waals surface area contributed by atoms with Gasteiger partial charge in [-0.25, -0.2) is 4.39 Å². The Labute approximate surface area is 154 Å². The van der Waals surface area contributed by atoms with Crippen molar-refractivity contribution in [3.63, 3.8) is 0 Å². The average Bonchev–Trinajstić information content (AvgIpc) is 2.64. The predicted molar refractivity (Wildman–Crippen MR) is 100 cm³/mol. The van der Waals surface area contributed by atoms with Gasteiger partial charge in [-0.15, -0.1) is 0 Å². The third-order valence-corrected chi connectivity index (χ3v) is 4.76. The second-order valence-corrected chi connectivity index (χ2v) is 6.96. The van der Waals surface area contributed by atoms with Crippen LogP contribution in [0.5, 0.6) is 11.5 Å². The van der Waals surface area contributed by atoms with E-state index in [9.17, 15) is 9.18 Å². The molecule has 0 spiro atoms. The number of carbonyl (C=O) groups is 1. The molecule has 1 saturated heterocycles. The summed E-state index contributed by atoms with van der Waals surface area (Å²) in [5.74, 6) is 0.809. The Morgan fingerprint density at radius 3 is 2.12 bits per heavy atom. The lowest BCUT2D eigenvalue weighted by molar-refractivity contribution is 0.0900. The van der Waals surface area contributed by atoms with Gasteiger partial charge >= 0.3 is 0 Å². The van der Waals surface area contributed by atoms with Gasteiger partial charge in [-0.2, -0.15) is 0 Å². The molecular weight excluding hydrogens is 331 g/mol. The third-order valence-electron chi connectivity index (χ3n) is 4.76. The Morgan fingerprint density at radius 2 is 1.58 bits per heavy atom. The normalized spacial score (nSPS) is 15.8. The van der Waals surface area contributed by atoms with Gasteiger partial charge in [0.1, 0.15) is 17.3 Å². The molecule has 2 aromatic carbocycles. The summed E-state index contributed by atoms with van der Waals surface area (Å²) in [4.78, 5) is 14.9. The zero-order valence-electron chi connectivity index (χ0n) is 15.2. The summed E-state index contributed by atoms with van der Waals surface area (Å²) < 4.78 is 18.6. The van der Waals surface area contributed by atoms with Crippen LogP contribution in [0.4, 0.5) is 4.39 Å². The molecule has 2 aromatic rings. The Morgan fingerprint density at radius 1 is 1.04 bits per heavy atom. The molecule has 0 saturated carbocycles. The molecule has 1 amide bonds. The van der Waals surface area contributed by atoms with Crippen molar-refractivity contribution in [3.05, 3.63) is 59.9 Å². The Balaban J connectivity index is 1.53. The number of nitrogens with one attached hydrogen (secondary N) is 1. The van der Waals surface area contributed by atoms with Crippen molar-refractivity contribution in [2.75, 3.05) is 13.1 Å². The van der Waals surface area contributed by atoms with E-state index in [1.165, 1.54) is 12.1 Å². The minimum absolute atomic E-state index is 0.0543. The number of likely N-dealkylation sites (tertiary alicyclic amines) is 1. The standard InChI is InChI=1S/C21H25FN2O2/c1-15(2)24-13-11-18(12-14-24)23-21(25)16-3-7-19(8-4-16)26-20-9-5-17(22)6-10-20/h3-10,15,18H,11-14H2,1-2H3,(H,23,25). The van der Waals surface area contributed by atoms with Gasteiger partial charge in [0.15, 0.2) is 0 Å². The highest BCUT2D eigenvalue weighted by Gasteiger charge is 2.22. The fourth-order valence-corrected chi connectivity index (χ4v) is 3.14. The number of carbonyl (C=O) groups excluding carboxylic acids is 1. The fraction of sp³-hybridized carbons (Fsp3) is 0.381. The van der Waals surface area contributed by atoms with Crippen LogP contribution in [0.1, 0.15) is 37.0 Å². The summed E-state index contributed by atoms with van der Waals surface area (Å²) >= 11 is 0. The molecule has 1 aliphatic heterocycles. The van der Waals surface area contributed by atoms with Crippen molar-refractivity contribution >= 4 is 5.91 Å². The lowest BCUT2D eigenvalue weighted by atomic mass is 10.0. The summed E-state index contributed by atoms with van der Waals surface area (Å²) in [5, 5.41) is 3.12. The Bertz CT molecular complexity index is 721. The van der Waals surface area contributed by atoms with E-state index in [2.05, 4.69) is 24.1 Å². The van der Waals surface area contributed by atoms with Gasteiger partial charge in [0.05, 0.1) is 0 Å². The van der Waals surface area contributed by atoms with Gasteiger partial charge in [-0.05, 0) is 75.2 Å². The number of benzene rings is 2. The third kappa shape index (κ3) is 4.82. The largest absolute Gasteiger partial charge is 0.457 e. The number of rotatable bonds is 5. The van der Waals surface area contributed by atoms with Crippen molar-refractivity contribution in [3.8, 4) is 11.5 Å². The highest BCUT2D eigenvalue weighted by Crippen LogP contribution is 2.22. The van der Waals surface area contributed by atoms with Crippen LogP contribution >= 0.6 is 0 Å². The topological polar surface area (TPSA) is 41.6 Å². The minimum Gasteiger partial charge on any atom is -0.457 e. The molecule has 0 unspecified atom stereocenters. The van der Waals surface area contributed by atoms with E-state index in [1.807, 2.05) is 0 Å². The van der Waals surface area contributed by atoms with Gasteiger partial charge in [0.25, 0.3) is 5.91 Å². The van der Waals surface area contributed by atoms with E-state index in [0.717, 1.165) is 25.9 Å². The van der Waals surface area contributed by atoms with Gasteiger partial charge in [0.2, 0.25) is 0 Å². The van der Waals surface area contributed by atoms with E-state index >= 15 is 0 Å². The van der Waals surface area contributed by atoms with E-state index in [-0.39, 0.29) is 17.8 Å². The van der Waals surface area contributed by atoms with E-state index < -0.39 is 0 Å². The minimum atomic E-state index is -0.302. The van der Waals surface area contributed by atoms with Crippen LogP contribution in [0, 0.1) is 5.82 Å². The van der Waals surface area contributed by atoms with Gasteiger partial charge < -0.3 is 15.0 Å². The molecular formula is C21H25FN2O2. The van der Waals surface area contributed by atoms with Crippen molar-refractivity contribution < 1.29 is 13.9 Å². The molecule has 0 bridgehead atoms. The smallest absolute Gasteiger partial charge is 0.251 e. The lowest BCUT2D eigenvalue weighted by Crippen LogP contribution is -2.46. The molecule has 5 heteroatoms. The zero-order chi connectivity index (χ0) is 18.5. The zero-order valence-corrected chi connectivity index (χ0v) is 15.2. The molecule has 1 fully saturated rings. The fourth-order valence-electron chi connectivity index (χ4n) is 3.14. The Kier molecular flexibility index (Phi) is 5.89. The maximum absolute atomic E-state index is 12.9. The summed E-state index contributed by atoms with van der Waals surface area (Å²) in [6, 6.07) is 13.6. The second kappa shape index (κ2) is 8.32. The monoisotopic (exact) mass is 356 g/mol. The van der Waals surface area contributed by atoms with Crippen LogP contribution in [0.2, 0.25) is 0 Å². The number of amides is 1. The van der Waals surface area contributed by atoms with Crippen molar-refractivity contribution in [2.45, 2.75) is 38.8 Å². The number of nitrogens with zero attached hydrogens (tertiary/aromatic N) is 1. The first-order chi connectivity index (χ1) is 12.5. The van der Waals surface area contributed by atoms with Crippen LogP contribution in [0.25, 0.3) is 0 Å². The van der Waals surface area contributed by atoms with Crippen molar-refractivity contribution in [1.82, 2.24) is 10.2 Å². The highest BCUT2D eigenvalue weighted by molar-refractivity contribution is 5.94. The van der Waals surface area contributed by atoms with Gasteiger partial charge in [-0.1, -0.05) is 0 Å². The molecule has 1 heterocycles. The molecule has 1 aliphatic rings. The molecule has 0 aliphatic carbocycles. The van der Waals surface area contributed by atoms with E-state index in [4.69, 9.17) is 4.74 Å². The molecule has 0 aromatic heterocycles. The maximum Gasteiger partial charge on any atom is 0.251 e. The highest BCUT2D eigenvalue weighted by atomic mass is 19.1. The van der Waals surface area contributed by atoms with Gasteiger partial charge in [-0.3, -0.25) is 4.79 Å². The average molecular weight is 356 g/mol. The Hall–Kier alpha value is -2.40.